The largest absolute Gasteiger partial charge is 0.352 e. The monoisotopic (exact) mass is 379 g/mol. The van der Waals surface area contributed by atoms with Crippen molar-refractivity contribution >= 4 is 23.4 Å². The second-order valence-electron chi connectivity index (χ2n) is 6.91. The highest BCUT2D eigenvalue weighted by Crippen LogP contribution is 2.19. The van der Waals surface area contributed by atoms with Gasteiger partial charge in [0.05, 0.1) is 5.92 Å². The third-order valence-corrected chi connectivity index (χ3v) is 4.85. The Morgan fingerprint density at radius 3 is 2.36 bits per heavy atom. The quantitative estimate of drug-likeness (QED) is 0.810. The molecule has 3 rings (SSSR count). The fourth-order valence-corrected chi connectivity index (χ4v) is 3.32. The maximum absolute atomic E-state index is 12.5. The molecule has 2 aromatic carbocycles. The van der Waals surface area contributed by atoms with Gasteiger partial charge < -0.3 is 15.5 Å². The molecule has 1 saturated heterocycles. The molecule has 1 heterocycles. The average molecular weight is 379 g/mol. The molecule has 0 spiro atoms. The van der Waals surface area contributed by atoms with Crippen molar-refractivity contribution in [2.45, 2.75) is 19.3 Å². The molecule has 1 atom stereocenters. The van der Waals surface area contributed by atoms with E-state index in [1.54, 1.807) is 29.2 Å². The van der Waals surface area contributed by atoms with Crippen molar-refractivity contribution in [1.82, 2.24) is 10.2 Å². The minimum Gasteiger partial charge on any atom is -0.352 e. The van der Waals surface area contributed by atoms with Crippen LogP contribution < -0.4 is 10.6 Å². The first kappa shape index (κ1) is 19.6. The number of carbonyl (C=O) groups excluding carboxylic acids is 3. The van der Waals surface area contributed by atoms with Crippen LogP contribution in [-0.4, -0.2) is 42.3 Å². The van der Waals surface area contributed by atoms with Crippen LogP contribution in [0.2, 0.25) is 0 Å². The molecule has 146 valence electrons. The molecule has 6 heteroatoms. The topological polar surface area (TPSA) is 78.5 Å². The Kier molecular flexibility index (Phi) is 6.78. The van der Waals surface area contributed by atoms with Crippen LogP contribution in [0.15, 0.2) is 60.7 Å². The van der Waals surface area contributed by atoms with Gasteiger partial charge in [-0.1, -0.05) is 36.4 Å². The summed E-state index contributed by atoms with van der Waals surface area (Å²) in [7, 11) is 0. The van der Waals surface area contributed by atoms with E-state index < -0.39 is 0 Å². The highest BCUT2D eigenvalue weighted by atomic mass is 16.2. The van der Waals surface area contributed by atoms with Gasteiger partial charge in [0.1, 0.15) is 0 Å². The fourth-order valence-electron chi connectivity index (χ4n) is 3.32. The molecule has 0 bridgehead atoms. The van der Waals surface area contributed by atoms with Crippen molar-refractivity contribution in [3.8, 4) is 0 Å². The van der Waals surface area contributed by atoms with E-state index >= 15 is 0 Å². The second-order valence-corrected chi connectivity index (χ2v) is 6.91. The lowest BCUT2D eigenvalue weighted by molar-refractivity contribution is -0.134. The highest BCUT2D eigenvalue weighted by molar-refractivity contribution is 5.94. The molecular weight excluding hydrogens is 354 g/mol. The summed E-state index contributed by atoms with van der Waals surface area (Å²) >= 11 is 0. The number of nitrogens with zero attached hydrogens (tertiary/aromatic N) is 1. The third kappa shape index (κ3) is 5.42. The highest BCUT2D eigenvalue weighted by Gasteiger charge is 2.28. The van der Waals surface area contributed by atoms with Crippen LogP contribution in [0.1, 0.15) is 29.6 Å². The Hall–Kier alpha value is -3.15. The molecule has 1 fully saturated rings. The number of benzene rings is 2. The smallest absolute Gasteiger partial charge is 0.251 e. The van der Waals surface area contributed by atoms with Gasteiger partial charge >= 0.3 is 0 Å². The summed E-state index contributed by atoms with van der Waals surface area (Å²) in [6.45, 7) is 1.36. The summed E-state index contributed by atoms with van der Waals surface area (Å²) in [6, 6.07) is 18.2. The Bertz CT molecular complexity index is 808. The molecule has 0 radical (unpaired) electrons. The predicted octanol–water partition coefficient (Wildman–Crippen LogP) is 2.68. The van der Waals surface area contributed by atoms with Crippen molar-refractivity contribution < 1.29 is 14.4 Å². The van der Waals surface area contributed by atoms with Crippen molar-refractivity contribution in [1.29, 1.82) is 0 Å². The first-order valence-corrected chi connectivity index (χ1v) is 9.60. The first-order valence-electron chi connectivity index (χ1n) is 9.60. The van der Waals surface area contributed by atoms with Crippen molar-refractivity contribution in [2.75, 3.05) is 25.0 Å². The molecule has 0 aromatic heterocycles. The lowest BCUT2D eigenvalue weighted by Crippen LogP contribution is -2.44. The molecule has 2 N–H and O–H groups in total. The van der Waals surface area contributed by atoms with Gasteiger partial charge in [0.25, 0.3) is 5.91 Å². The van der Waals surface area contributed by atoms with E-state index in [-0.39, 0.29) is 36.6 Å². The Balaban J connectivity index is 1.45. The molecule has 3 amide bonds. The first-order chi connectivity index (χ1) is 13.6. The Morgan fingerprint density at radius 1 is 0.964 bits per heavy atom. The molecule has 0 aliphatic carbocycles. The van der Waals surface area contributed by atoms with Gasteiger partial charge in [0.15, 0.2) is 0 Å². The summed E-state index contributed by atoms with van der Waals surface area (Å²) in [6.07, 6.45) is 1.80. The predicted molar refractivity (Wildman–Crippen MR) is 108 cm³/mol. The van der Waals surface area contributed by atoms with E-state index in [1.807, 2.05) is 36.4 Å². The van der Waals surface area contributed by atoms with Crippen LogP contribution in [0.5, 0.6) is 0 Å². The third-order valence-electron chi connectivity index (χ3n) is 4.85. The summed E-state index contributed by atoms with van der Waals surface area (Å²) in [4.78, 5) is 38.7. The molecule has 0 saturated carbocycles. The maximum atomic E-state index is 12.5. The van der Waals surface area contributed by atoms with Gasteiger partial charge in [-0.05, 0) is 37.1 Å². The Morgan fingerprint density at radius 2 is 1.64 bits per heavy atom. The number of para-hydroxylation sites is 1. The van der Waals surface area contributed by atoms with E-state index in [1.165, 1.54) is 0 Å². The van der Waals surface area contributed by atoms with Crippen LogP contribution in [0.3, 0.4) is 0 Å². The summed E-state index contributed by atoms with van der Waals surface area (Å²) in [5.74, 6) is -0.490. The van der Waals surface area contributed by atoms with E-state index in [4.69, 9.17) is 0 Å². The van der Waals surface area contributed by atoms with Gasteiger partial charge in [0, 0.05) is 37.3 Å². The molecule has 6 nitrogen and oxygen atoms in total. The normalized spacial score (nSPS) is 16.3. The van der Waals surface area contributed by atoms with Gasteiger partial charge in [0.2, 0.25) is 11.8 Å². The van der Waals surface area contributed by atoms with Crippen LogP contribution in [-0.2, 0) is 9.59 Å². The Labute approximate surface area is 164 Å². The van der Waals surface area contributed by atoms with E-state index in [9.17, 15) is 14.4 Å². The number of likely N-dealkylation sites (tertiary alicyclic amines) is 1. The van der Waals surface area contributed by atoms with Crippen molar-refractivity contribution in [3.05, 3.63) is 66.2 Å². The number of carbonyl (C=O) groups is 3. The van der Waals surface area contributed by atoms with Crippen molar-refractivity contribution in [2.24, 2.45) is 5.92 Å². The zero-order valence-electron chi connectivity index (χ0n) is 15.8. The zero-order chi connectivity index (χ0) is 19.8. The number of amides is 3. The van der Waals surface area contributed by atoms with Gasteiger partial charge in [-0.2, -0.15) is 0 Å². The van der Waals surface area contributed by atoms with E-state index in [0.29, 0.717) is 18.7 Å². The summed E-state index contributed by atoms with van der Waals surface area (Å²) < 4.78 is 0. The minimum atomic E-state index is -0.211. The number of rotatable bonds is 6. The van der Waals surface area contributed by atoms with Crippen molar-refractivity contribution in [3.63, 3.8) is 0 Å². The number of hydrogen-bond donors (Lipinski definition) is 2. The van der Waals surface area contributed by atoms with Gasteiger partial charge in [-0.3, -0.25) is 14.4 Å². The molecule has 1 aliphatic rings. The molecule has 28 heavy (non-hydrogen) atoms. The van der Waals surface area contributed by atoms with Crippen LogP contribution in [0, 0.1) is 5.92 Å². The number of anilines is 1. The minimum absolute atomic E-state index is 0.0365. The standard InChI is InChI=1S/C22H25N3O3/c26-20(13-14-23-21(27)17-8-3-1-4-9-17)25-15-7-10-18(16-25)22(28)24-19-11-5-2-6-12-19/h1-6,8-9,11-12,18H,7,10,13-16H2,(H,23,27)(H,24,28). The van der Waals surface area contributed by atoms with Crippen LogP contribution in [0.25, 0.3) is 0 Å². The maximum Gasteiger partial charge on any atom is 0.251 e. The number of piperidine rings is 1. The van der Waals surface area contributed by atoms with E-state index in [2.05, 4.69) is 10.6 Å². The van der Waals surface area contributed by atoms with Crippen LogP contribution >= 0.6 is 0 Å². The second kappa shape index (κ2) is 9.69. The molecular formula is C22H25N3O3. The van der Waals surface area contributed by atoms with Crippen LogP contribution in [0.4, 0.5) is 5.69 Å². The van der Waals surface area contributed by atoms with Gasteiger partial charge in [-0.25, -0.2) is 0 Å². The zero-order valence-corrected chi connectivity index (χ0v) is 15.8. The number of hydrogen-bond acceptors (Lipinski definition) is 3. The molecule has 1 aliphatic heterocycles. The fraction of sp³-hybridized carbons (Fsp3) is 0.318. The molecule has 2 aromatic rings. The van der Waals surface area contributed by atoms with Gasteiger partial charge in [-0.15, -0.1) is 0 Å². The summed E-state index contributed by atoms with van der Waals surface area (Å²) in [5, 5.41) is 5.68. The lowest BCUT2D eigenvalue weighted by atomic mass is 9.96. The average Bonchev–Trinajstić information content (AvgIpc) is 2.75. The summed E-state index contributed by atoms with van der Waals surface area (Å²) in [5.41, 5.74) is 1.34. The van der Waals surface area contributed by atoms with E-state index in [0.717, 1.165) is 18.5 Å². The SMILES string of the molecule is O=C(NCCC(=O)N1CCCC(C(=O)Nc2ccccc2)C1)c1ccccc1. The number of nitrogens with one attached hydrogen (secondary N) is 2. The molecule has 1 unspecified atom stereocenters. The lowest BCUT2D eigenvalue weighted by Gasteiger charge is -2.32.